The van der Waals surface area contributed by atoms with Crippen LogP contribution in [0.25, 0.3) is 5.76 Å². The zero-order valence-corrected chi connectivity index (χ0v) is 17.7. The molecule has 32 heavy (non-hydrogen) atoms. The molecule has 2 aromatic rings. The number of rotatable bonds is 6. The van der Waals surface area contributed by atoms with Crippen LogP contribution in [0.4, 0.5) is 4.39 Å². The van der Waals surface area contributed by atoms with Crippen LogP contribution < -0.4 is 4.74 Å². The lowest BCUT2D eigenvalue weighted by Gasteiger charge is -2.31. The molecule has 1 amide bonds. The predicted octanol–water partition coefficient (Wildman–Crippen LogP) is 1.98. The Kier molecular flexibility index (Phi) is 6.48. The Morgan fingerprint density at radius 2 is 1.91 bits per heavy atom. The first-order valence-electron chi connectivity index (χ1n) is 10.3. The number of aliphatic hydroxyl groups excluding tert-OH is 1. The zero-order chi connectivity index (χ0) is 22.7. The average molecular weight is 441 g/mol. The standard InChI is InChI=1S/C23H24FN3O5/c1-31-18-3-2-16(24)14-17(18)21(28)19-20(15-4-6-25-7-5-15)27(23(30)22(19)29)9-8-26-10-12-32-13-11-26/h2-7,14,20,28H,8-13H2,1H3/b21-19+/t20-/m1/s1. The molecular formula is C23H24FN3O5. The van der Waals surface area contributed by atoms with E-state index >= 15 is 0 Å². The molecule has 1 atom stereocenters. The van der Waals surface area contributed by atoms with Crippen molar-refractivity contribution in [2.45, 2.75) is 6.04 Å². The number of Topliss-reactive ketones (excluding diaryl/α,β-unsaturated/α-hetero) is 1. The minimum absolute atomic E-state index is 0.0118. The molecule has 2 aliphatic rings. The number of pyridine rings is 1. The molecule has 0 radical (unpaired) electrons. The fraction of sp³-hybridized carbons (Fsp3) is 0.348. The number of hydrogen-bond donors (Lipinski definition) is 1. The van der Waals surface area contributed by atoms with Crippen LogP contribution in [0.3, 0.4) is 0 Å². The number of ketones is 1. The second-order valence-corrected chi connectivity index (χ2v) is 7.57. The van der Waals surface area contributed by atoms with E-state index in [1.54, 1.807) is 24.5 Å². The highest BCUT2D eigenvalue weighted by Gasteiger charge is 2.46. The monoisotopic (exact) mass is 441 g/mol. The first-order chi connectivity index (χ1) is 15.5. The lowest BCUT2D eigenvalue weighted by Crippen LogP contribution is -2.42. The first kappa shape index (κ1) is 21.9. The summed E-state index contributed by atoms with van der Waals surface area (Å²) in [5, 5.41) is 11.1. The molecule has 8 nitrogen and oxygen atoms in total. The summed E-state index contributed by atoms with van der Waals surface area (Å²) < 4.78 is 24.6. The van der Waals surface area contributed by atoms with Crippen molar-refractivity contribution in [1.82, 2.24) is 14.8 Å². The van der Waals surface area contributed by atoms with Gasteiger partial charge in [-0.2, -0.15) is 0 Å². The minimum atomic E-state index is -0.827. The number of carbonyl (C=O) groups excluding carboxylic acids is 2. The Hall–Kier alpha value is -3.30. The zero-order valence-electron chi connectivity index (χ0n) is 17.7. The van der Waals surface area contributed by atoms with Crippen LogP contribution in [-0.4, -0.2) is 78.1 Å². The summed E-state index contributed by atoms with van der Waals surface area (Å²) in [5.74, 6) is -2.42. The van der Waals surface area contributed by atoms with Gasteiger partial charge in [0.15, 0.2) is 0 Å². The van der Waals surface area contributed by atoms with Gasteiger partial charge in [-0.3, -0.25) is 19.5 Å². The van der Waals surface area contributed by atoms with Crippen LogP contribution in [0.15, 0.2) is 48.3 Å². The molecule has 0 bridgehead atoms. The molecule has 1 aromatic heterocycles. The van der Waals surface area contributed by atoms with Gasteiger partial charge in [0.25, 0.3) is 11.7 Å². The number of methoxy groups -OCH3 is 1. The third-order valence-corrected chi connectivity index (χ3v) is 5.74. The van der Waals surface area contributed by atoms with Crippen molar-refractivity contribution >= 4 is 17.4 Å². The molecule has 1 N–H and O–H groups in total. The summed E-state index contributed by atoms with van der Waals surface area (Å²) in [4.78, 5) is 33.7. The fourth-order valence-electron chi connectivity index (χ4n) is 4.09. The molecule has 3 heterocycles. The molecule has 0 spiro atoms. The van der Waals surface area contributed by atoms with Gasteiger partial charge in [0, 0.05) is 38.6 Å². The summed E-state index contributed by atoms with van der Waals surface area (Å²) in [5.41, 5.74) is 0.530. The number of ether oxygens (including phenoxy) is 2. The Morgan fingerprint density at radius 3 is 2.59 bits per heavy atom. The number of aliphatic hydroxyl groups is 1. The first-order valence-corrected chi connectivity index (χ1v) is 10.3. The lowest BCUT2D eigenvalue weighted by molar-refractivity contribution is -0.140. The second-order valence-electron chi connectivity index (χ2n) is 7.57. The summed E-state index contributed by atoms with van der Waals surface area (Å²) in [7, 11) is 1.38. The largest absolute Gasteiger partial charge is 0.507 e. The van der Waals surface area contributed by atoms with Crippen molar-refractivity contribution in [3.05, 3.63) is 65.2 Å². The highest BCUT2D eigenvalue weighted by Crippen LogP contribution is 2.40. The Morgan fingerprint density at radius 1 is 1.19 bits per heavy atom. The van der Waals surface area contributed by atoms with Gasteiger partial charge in [-0.25, -0.2) is 4.39 Å². The molecular weight excluding hydrogens is 417 g/mol. The van der Waals surface area contributed by atoms with Crippen molar-refractivity contribution in [1.29, 1.82) is 0 Å². The van der Waals surface area contributed by atoms with E-state index in [2.05, 4.69) is 9.88 Å². The predicted molar refractivity (Wildman–Crippen MR) is 113 cm³/mol. The van der Waals surface area contributed by atoms with Crippen molar-refractivity contribution in [3.8, 4) is 5.75 Å². The van der Waals surface area contributed by atoms with Crippen LogP contribution in [0.5, 0.6) is 5.75 Å². The molecule has 0 unspecified atom stereocenters. The van der Waals surface area contributed by atoms with E-state index in [-0.39, 0.29) is 23.4 Å². The number of benzene rings is 1. The minimum Gasteiger partial charge on any atom is -0.507 e. The maximum Gasteiger partial charge on any atom is 0.295 e. The Labute approximate surface area is 184 Å². The van der Waals surface area contributed by atoms with Crippen LogP contribution in [0.2, 0.25) is 0 Å². The SMILES string of the molecule is COc1ccc(F)cc1/C(O)=C1\C(=O)C(=O)N(CCN2CCOCC2)[C@@H]1c1ccncc1. The molecule has 0 saturated carbocycles. The maximum absolute atomic E-state index is 14.0. The van der Waals surface area contributed by atoms with E-state index in [4.69, 9.17) is 9.47 Å². The average Bonchev–Trinajstić information content (AvgIpc) is 3.08. The van der Waals surface area contributed by atoms with E-state index in [9.17, 15) is 19.1 Å². The van der Waals surface area contributed by atoms with E-state index in [1.165, 1.54) is 24.1 Å². The van der Waals surface area contributed by atoms with Crippen molar-refractivity contribution in [3.63, 3.8) is 0 Å². The van der Waals surface area contributed by atoms with Gasteiger partial charge in [0.05, 0.1) is 37.5 Å². The quantitative estimate of drug-likeness (QED) is 0.416. The van der Waals surface area contributed by atoms with Crippen LogP contribution in [0.1, 0.15) is 17.2 Å². The molecule has 1 aromatic carbocycles. The summed E-state index contributed by atoms with van der Waals surface area (Å²) >= 11 is 0. The number of halogens is 1. The fourth-order valence-corrected chi connectivity index (χ4v) is 4.09. The van der Waals surface area contributed by atoms with Crippen LogP contribution in [0, 0.1) is 5.82 Å². The van der Waals surface area contributed by atoms with E-state index < -0.39 is 29.3 Å². The molecule has 2 fully saturated rings. The molecule has 4 rings (SSSR count). The maximum atomic E-state index is 14.0. The van der Waals surface area contributed by atoms with Crippen LogP contribution in [-0.2, 0) is 14.3 Å². The third kappa shape index (κ3) is 4.21. The highest BCUT2D eigenvalue weighted by molar-refractivity contribution is 6.46. The summed E-state index contributed by atoms with van der Waals surface area (Å²) in [6.45, 7) is 3.56. The van der Waals surface area contributed by atoms with Gasteiger partial charge in [0.2, 0.25) is 0 Å². The molecule has 168 valence electrons. The van der Waals surface area contributed by atoms with E-state index in [0.717, 1.165) is 19.2 Å². The second kappa shape index (κ2) is 9.46. The number of carbonyl (C=O) groups is 2. The Bertz CT molecular complexity index is 1040. The topological polar surface area (TPSA) is 92.2 Å². The number of aromatic nitrogens is 1. The number of likely N-dealkylation sites (tertiary alicyclic amines) is 1. The van der Waals surface area contributed by atoms with Crippen molar-refractivity contribution < 1.29 is 28.6 Å². The number of hydrogen-bond acceptors (Lipinski definition) is 7. The molecule has 9 heteroatoms. The normalized spacial score (nSPS) is 21.2. The number of morpholine rings is 1. The Balaban J connectivity index is 1.76. The van der Waals surface area contributed by atoms with Gasteiger partial charge in [-0.1, -0.05) is 0 Å². The summed E-state index contributed by atoms with van der Waals surface area (Å²) in [6, 6.07) is 6.19. The summed E-state index contributed by atoms with van der Waals surface area (Å²) in [6.07, 6.45) is 3.11. The smallest absolute Gasteiger partial charge is 0.295 e. The number of nitrogens with zero attached hydrogens (tertiary/aromatic N) is 3. The molecule has 2 saturated heterocycles. The van der Waals surface area contributed by atoms with Gasteiger partial charge in [0.1, 0.15) is 17.3 Å². The number of amides is 1. The van der Waals surface area contributed by atoms with Gasteiger partial charge < -0.3 is 19.5 Å². The third-order valence-electron chi connectivity index (χ3n) is 5.74. The van der Waals surface area contributed by atoms with Gasteiger partial charge in [-0.05, 0) is 35.9 Å². The van der Waals surface area contributed by atoms with Crippen molar-refractivity contribution in [2.24, 2.45) is 0 Å². The van der Waals surface area contributed by atoms with E-state index in [1.807, 2.05) is 0 Å². The molecule has 0 aliphatic carbocycles. The van der Waals surface area contributed by atoms with E-state index in [0.29, 0.717) is 25.3 Å². The van der Waals surface area contributed by atoms with Crippen LogP contribution >= 0.6 is 0 Å². The van der Waals surface area contributed by atoms with Crippen molar-refractivity contribution in [2.75, 3.05) is 46.5 Å². The van der Waals surface area contributed by atoms with Gasteiger partial charge in [-0.15, -0.1) is 0 Å². The molecule has 2 aliphatic heterocycles. The van der Waals surface area contributed by atoms with Gasteiger partial charge >= 0.3 is 0 Å². The highest BCUT2D eigenvalue weighted by atomic mass is 19.1. The lowest BCUT2D eigenvalue weighted by atomic mass is 9.95.